The van der Waals surface area contributed by atoms with Gasteiger partial charge in [0.05, 0.1) is 40.1 Å². The lowest BCUT2D eigenvalue weighted by Gasteiger charge is -2.36. The number of hydrogen-bond acceptors (Lipinski definition) is 9. The van der Waals surface area contributed by atoms with Crippen LogP contribution in [0.15, 0.2) is 47.0 Å². The average Bonchev–Trinajstić information content (AvgIpc) is 3.57. The van der Waals surface area contributed by atoms with Crippen LogP contribution < -0.4 is 18.9 Å². The van der Waals surface area contributed by atoms with Crippen molar-refractivity contribution in [2.24, 2.45) is 0 Å². The summed E-state index contributed by atoms with van der Waals surface area (Å²) >= 11 is 0. The maximum absolute atomic E-state index is 13.0. The fourth-order valence-electron chi connectivity index (χ4n) is 4.30. The molecule has 3 heterocycles. The van der Waals surface area contributed by atoms with E-state index in [4.69, 9.17) is 23.5 Å². The van der Waals surface area contributed by atoms with E-state index in [1.807, 2.05) is 24.3 Å². The number of ether oxygens (including phenoxy) is 4. The van der Waals surface area contributed by atoms with Crippen molar-refractivity contribution < 1.29 is 28.3 Å². The molecule has 2 aromatic heterocycles. The van der Waals surface area contributed by atoms with Crippen molar-refractivity contribution in [2.75, 3.05) is 41.5 Å². The highest BCUT2D eigenvalue weighted by molar-refractivity contribution is 5.94. The molecule has 2 aromatic carbocycles. The van der Waals surface area contributed by atoms with Gasteiger partial charge in [0.25, 0.3) is 5.91 Å². The molecular formula is C26H27N5O6. The number of aromatic amines is 1. The molecule has 1 aliphatic heterocycles. The lowest BCUT2D eigenvalue weighted by atomic mass is 9.99. The van der Waals surface area contributed by atoms with Gasteiger partial charge in [-0.1, -0.05) is 23.4 Å². The van der Waals surface area contributed by atoms with E-state index in [9.17, 15) is 4.79 Å². The smallest absolute Gasteiger partial charge is 0.271 e. The molecule has 1 fully saturated rings. The van der Waals surface area contributed by atoms with Gasteiger partial charge in [-0.2, -0.15) is 10.1 Å². The molecule has 37 heavy (non-hydrogen) atoms. The lowest BCUT2D eigenvalue weighted by molar-refractivity contribution is 0.0563. The zero-order valence-electron chi connectivity index (χ0n) is 21.0. The van der Waals surface area contributed by atoms with E-state index in [2.05, 4.69) is 20.3 Å². The molecule has 192 valence electrons. The Morgan fingerprint density at radius 1 is 1.00 bits per heavy atom. The van der Waals surface area contributed by atoms with E-state index in [-0.39, 0.29) is 11.8 Å². The van der Waals surface area contributed by atoms with Crippen LogP contribution in [0.4, 0.5) is 0 Å². The highest BCUT2D eigenvalue weighted by Gasteiger charge is 2.36. The molecule has 1 aliphatic rings. The molecule has 1 N–H and O–H groups in total. The third-order valence-corrected chi connectivity index (χ3v) is 6.31. The molecule has 0 bridgehead atoms. The quantitative estimate of drug-likeness (QED) is 0.365. The van der Waals surface area contributed by atoms with Crippen molar-refractivity contribution in [3.05, 3.63) is 65.4 Å². The van der Waals surface area contributed by atoms with Crippen LogP contribution in [0, 0.1) is 0 Å². The van der Waals surface area contributed by atoms with E-state index in [0.29, 0.717) is 59.9 Å². The number of para-hydroxylation sites is 1. The van der Waals surface area contributed by atoms with Crippen LogP contribution in [-0.2, 0) is 6.42 Å². The van der Waals surface area contributed by atoms with Gasteiger partial charge in [-0.15, -0.1) is 0 Å². The van der Waals surface area contributed by atoms with Crippen molar-refractivity contribution in [3.8, 4) is 34.3 Å². The third kappa shape index (κ3) is 4.67. The number of likely N-dealkylation sites (tertiary alicyclic amines) is 1. The molecule has 5 rings (SSSR count). The van der Waals surface area contributed by atoms with Crippen LogP contribution in [0.1, 0.15) is 33.7 Å². The van der Waals surface area contributed by atoms with Crippen LogP contribution in [0.25, 0.3) is 11.3 Å². The summed E-state index contributed by atoms with van der Waals surface area (Å²) in [5, 5.41) is 11.3. The van der Waals surface area contributed by atoms with Gasteiger partial charge in [0.1, 0.15) is 11.4 Å². The van der Waals surface area contributed by atoms with Gasteiger partial charge in [0.15, 0.2) is 17.3 Å². The standard InChI is InChI=1S/C26H27N5O6/c1-33-20-8-6-5-7-15(20)11-23-27-25(37-30-23)17-13-31(14-17)26(32)19-12-18(28-29-19)16-9-21(34-2)24(36-4)22(10-16)35-3/h5-10,12,17H,11,13-14H2,1-4H3,(H,28,29). The Morgan fingerprint density at radius 3 is 2.38 bits per heavy atom. The maximum atomic E-state index is 13.0. The number of benzene rings is 2. The number of amides is 1. The second-order valence-electron chi connectivity index (χ2n) is 8.53. The summed E-state index contributed by atoms with van der Waals surface area (Å²) in [6.45, 7) is 0.960. The number of hydrogen-bond donors (Lipinski definition) is 1. The number of methoxy groups -OCH3 is 4. The van der Waals surface area contributed by atoms with Gasteiger partial charge in [-0.25, -0.2) is 0 Å². The molecule has 4 aromatic rings. The summed E-state index contributed by atoms with van der Waals surface area (Å²) in [7, 11) is 6.27. The molecule has 0 radical (unpaired) electrons. The molecule has 0 spiro atoms. The fourth-order valence-corrected chi connectivity index (χ4v) is 4.30. The first-order valence-corrected chi connectivity index (χ1v) is 11.6. The predicted octanol–water partition coefficient (Wildman–Crippen LogP) is 3.32. The Balaban J connectivity index is 1.23. The number of carbonyl (C=O) groups excluding carboxylic acids is 1. The van der Waals surface area contributed by atoms with Crippen LogP contribution >= 0.6 is 0 Å². The van der Waals surface area contributed by atoms with Crippen molar-refractivity contribution in [1.29, 1.82) is 0 Å². The minimum Gasteiger partial charge on any atom is -0.496 e. The summed E-state index contributed by atoms with van der Waals surface area (Å²) in [6.07, 6.45) is 0.501. The Morgan fingerprint density at radius 2 is 1.70 bits per heavy atom. The van der Waals surface area contributed by atoms with Crippen LogP contribution in [0.3, 0.4) is 0 Å². The van der Waals surface area contributed by atoms with Gasteiger partial charge >= 0.3 is 0 Å². The van der Waals surface area contributed by atoms with Crippen LogP contribution in [0.2, 0.25) is 0 Å². The largest absolute Gasteiger partial charge is 0.496 e. The van der Waals surface area contributed by atoms with E-state index in [0.717, 1.165) is 16.9 Å². The first-order chi connectivity index (χ1) is 18.0. The summed E-state index contributed by atoms with van der Waals surface area (Å²) in [4.78, 5) is 19.3. The number of carbonyl (C=O) groups is 1. The SMILES string of the molecule is COc1ccccc1Cc1noc(C2CN(C(=O)c3cc(-c4cc(OC)c(OC)c(OC)c4)n[nH]3)C2)n1. The number of nitrogens with zero attached hydrogens (tertiary/aromatic N) is 4. The molecule has 0 saturated carbocycles. The summed E-state index contributed by atoms with van der Waals surface area (Å²) in [6, 6.07) is 13.0. The molecule has 1 saturated heterocycles. The summed E-state index contributed by atoms with van der Waals surface area (Å²) < 4.78 is 27.1. The minimum atomic E-state index is -0.156. The number of nitrogens with one attached hydrogen (secondary N) is 1. The fraction of sp³-hybridized carbons (Fsp3) is 0.308. The van der Waals surface area contributed by atoms with Gasteiger partial charge in [0.2, 0.25) is 11.6 Å². The van der Waals surface area contributed by atoms with Crippen molar-refractivity contribution in [3.63, 3.8) is 0 Å². The molecule has 1 amide bonds. The lowest BCUT2D eigenvalue weighted by Crippen LogP contribution is -2.48. The number of H-pyrrole nitrogens is 1. The Bertz CT molecular complexity index is 1380. The van der Waals surface area contributed by atoms with Crippen LogP contribution in [-0.4, -0.2) is 72.7 Å². The second kappa shape index (κ2) is 10.2. The van der Waals surface area contributed by atoms with E-state index >= 15 is 0 Å². The minimum absolute atomic E-state index is 0.0135. The summed E-state index contributed by atoms with van der Waals surface area (Å²) in [5.41, 5.74) is 2.66. The van der Waals surface area contributed by atoms with E-state index in [1.165, 1.54) is 0 Å². The molecule has 0 atom stereocenters. The van der Waals surface area contributed by atoms with Gasteiger partial charge in [-0.3, -0.25) is 9.89 Å². The van der Waals surface area contributed by atoms with Crippen LogP contribution in [0.5, 0.6) is 23.0 Å². The predicted molar refractivity (Wildman–Crippen MR) is 132 cm³/mol. The number of aromatic nitrogens is 4. The molecule has 0 unspecified atom stereocenters. The first kappa shape index (κ1) is 24.2. The van der Waals surface area contributed by atoms with Gasteiger partial charge in [0, 0.05) is 30.6 Å². The third-order valence-electron chi connectivity index (χ3n) is 6.31. The highest BCUT2D eigenvalue weighted by atomic mass is 16.5. The van der Waals surface area contributed by atoms with E-state index < -0.39 is 0 Å². The molecular weight excluding hydrogens is 478 g/mol. The highest BCUT2D eigenvalue weighted by Crippen LogP contribution is 2.41. The van der Waals surface area contributed by atoms with Crippen molar-refractivity contribution in [2.45, 2.75) is 12.3 Å². The molecule has 11 nitrogen and oxygen atoms in total. The zero-order chi connectivity index (χ0) is 25.9. The Hall–Kier alpha value is -4.54. The average molecular weight is 506 g/mol. The molecule has 0 aliphatic carbocycles. The van der Waals surface area contributed by atoms with Gasteiger partial charge < -0.3 is 28.4 Å². The Labute approximate surface area is 213 Å². The van der Waals surface area contributed by atoms with Crippen molar-refractivity contribution >= 4 is 5.91 Å². The molecule has 11 heteroatoms. The topological polar surface area (TPSA) is 125 Å². The summed E-state index contributed by atoms with van der Waals surface area (Å²) in [5.74, 6) is 3.20. The number of rotatable bonds is 9. The first-order valence-electron chi connectivity index (χ1n) is 11.6. The van der Waals surface area contributed by atoms with Crippen molar-refractivity contribution in [1.82, 2.24) is 25.2 Å². The Kier molecular flexibility index (Phi) is 6.67. The van der Waals surface area contributed by atoms with E-state index in [1.54, 1.807) is 51.5 Å². The second-order valence-corrected chi connectivity index (χ2v) is 8.53. The normalized spacial score (nSPS) is 13.2. The maximum Gasteiger partial charge on any atom is 0.271 e. The van der Waals surface area contributed by atoms with Gasteiger partial charge in [-0.05, 0) is 24.3 Å². The zero-order valence-corrected chi connectivity index (χ0v) is 21.0. The monoisotopic (exact) mass is 505 g/mol.